The average molecular weight is 322 g/mol. The molecule has 0 fully saturated rings. The molecule has 0 aromatic heterocycles. The lowest BCUT2D eigenvalue weighted by molar-refractivity contribution is 0.0697. The van der Waals surface area contributed by atoms with Crippen LogP contribution in [0.15, 0.2) is 58.3 Å². The highest BCUT2D eigenvalue weighted by atomic mass is 32.2. The van der Waals surface area contributed by atoms with Crippen LogP contribution in [0.4, 0.5) is 0 Å². The zero-order valence-corrected chi connectivity index (χ0v) is 12.9. The molecule has 0 amide bonds. The fourth-order valence-corrected chi connectivity index (χ4v) is 3.18. The Balaban J connectivity index is 2.01. The summed E-state index contributed by atoms with van der Waals surface area (Å²) in [4.78, 5) is 12.0. The summed E-state index contributed by atoms with van der Waals surface area (Å²) in [5, 5.41) is 8.82. The number of carbonyl (C=O) groups is 1. The number of thioether (sulfide) groups is 1. The SMILES string of the molecule is CS(=O)(=O)c1ccc(SCc2ccc(C(=O)O)cc2)cc1. The van der Waals surface area contributed by atoms with Crippen molar-refractivity contribution in [1.29, 1.82) is 0 Å². The average Bonchev–Trinajstić information content (AvgIpc) is 2.45. The van der Waals surface area contributed by atoms with Gasteiger partial charge in [0.1, 0.15) is 0 Å². The van der Waals surface area contributed by atoms with Gasteiger partial charge in [-0.3, -0.25) is 0 Å². The molecule has 0 aliphatic rings. The first-order valence-electron chi connectivity index (χ1n) is 6.11. The molecule has 0 unspecified atom stereocenters. The number of rotatable bonds is 5. The van der Waals surface area contributed by atoms with E-state index >= 15 is 0 Å². The van der Waals surface area contributed by atoms with Crippen molar-refractivity contribution in [3.63, 3.8) is 0 Å². The molecule has 0 bridgehead atoms. The maximum absolute atomic E-state index is 11.4. The smallest absolute Gasteiger partial charge is 0.335 e. The van der Waals surface area contributed by atoms with Gasteiger partial charge in [0.05, 0.1) is 10.5 Å². The van der Waals surface area contributed by atoms with Crippen molar-refractivity contribution >= 4 is 27.6 Å². The Labute approximate surface area is 127 Å². The summed E-state index contributed by atoms with van der Waals surface area (Å²) in [6, 6.07) is 13.4. The van der Waals surface area contributed by atoms with Crippen LogP contribution >= 0.6 is 11.8 Å². The van der Waals surface area contributed by atoms with E-state index in [-0.39, 0.29) is 5.56 Å². The normalized spacial score (nSPS) is 11.3. The maximum Gasteiger partial charge on any atom is 0.335 e. The van der Waals surface area contributed by atoms with E-state index in [9.17, 15) is 13.2 Å². The van der Waals surface area contributed by atoms with Crippen LogP contribution in [0.1, 0.15) is 15.9 Å². The van der Waals surface area contributed by atoms with Crippen molar-refractivity contribution < 1.29 is 18.3 Å². The number of benzene rings is 2. The number of carboxylic acid groups (broad SMARTS) is 1. The van der Waals surface area contributed by atoms with E-state index in [1.165, 1.54) is 6.26 Å². The molecule has 2 aromatic carbocycles. The Morgan fingerprint density at radius 2 is 1.62 bits per heavy atom. The number of hydrogen-bond acceptors (Lipinski definition) is 4. The van der Waals surface area contributed by atoms with Gasteiger partial charge in [0.2, 0.25) is 0 Å². The fourth-order valence-electron chi connectivity index (χ4n) is 1.69. The van der Waals surface area contributed by atoms with Crippen LogP contribution in [0, 0.1) is 0 Å². The van der Waals surface area contributed by atoms with Gasteiger partial charge in [-0.1, -0.05) is 12.1 Å². The first kappa shape index (κ1) is 15.6. The van der Waals surface area contributed by atoms with Gasteiger partial charge in [0.25, 0.3) is 0 Å². The minimum Gasteiger partial charge on any atom is -0.478 e. The van der Waals surface area contributed by atoms with Crippen molar-refractivity contribution in [2.75, 3.05) is 6.26 Å². The predicted octanol–water partition coefficient (Wildman–Crippen LogP) is 3.08. The monoisotopic (exact) mass is 322 g/mol. The van der Waals surface area contributed by atoms with Crippen molar-refractivity contribution in [2.45, 2.75) is 15.5 Å². The lowest BCUT2D eigenvalue weighted by atomic mass is 10.1. The van der Waals surface area contributed by atoms with Crippen LogP contribution in [0.25, 0.3) is 0 Å². The third kappa shape index (κ3) is 4.34. The summed E-state index contributed by atoms with van der Waals surface area (Å²) in [7, 11) is -3.16. The van der Waals surface area contributed by atoms with E-state index in [1.807, 2.05) is 0 Å². The number of hydrogen-bond donors (Lipinski definition) is 1. The molecular formula is C15H14O4S2. The van der Waals surface area contributed by atoms with E-state index in [0.717, 1.165) is 10.5 Å². The van der Waals surface area contributed by atoms with Crippen LogP contribution < -0.4 is 0 Å². The molecule has 0 aliphatic carbocycles. The number of carboxylic acids is 1. The minimum atomic E-state index is -3.16. The maximum atomic E-state index is 11.4. The second-order valence-corrected chi connectivity index (χ2v) is 7.60. The van der Waals surface area contributed by atoms with Gasteiger partial charge in [-0.2, -0.15) is 0 Å². The summed E-state index contributed by atoms with van der Waals surface area (Å²) in [6.07, 6.45) is 1.18. The zero-order valence-electron chi connectivity index (χ0n) is 11.3. The van der Waals surface area contributed by atoms with Gasteiger partial charge in [-0.25, -0.2) is 13.2 Å². The molecule has 0 spiro atoms. The van der Waals surface area contributed by atoms with Gasteiger partial charge in [0.15, 0.2) is 9.84 Å². The van der Waals surface area contributed by atoms with Crippen molar-refractivity contribution in [1.82, 2.24) is 0 Å². The van der Waals surface area contributed by atoms with Gasteiger partial charge in [-0.05, 0) is 42.0 Å². The molecule has 0 heterocycles. The lowest BCUT2D eigenvalue weighted by Gasteiger charge is -2.04. The zero-order chi connectivity index (χ0) is 15.5. The molecular weight excluding hydrogens is 308 g/mol. The van der Waals surface area contributed by atoms with Gasteiger partial charge >= 0.3 is 5.97 Å². The first-order chi connectivity index (χ1) is 9.86. The molecule has 1 N–H and O–H groups in total. The van der Waals surface area contributed by atoms with Gasteiger partial charge in [-0.15, -0.1) is 11.8 Å². The van der Waals surface area contributed by atoms with Crippen LogP contribution in [-0.2, 0) is 15.6 Å². The van der Waals surface area contributed by atoms with Crippen LogP contribution in [-0.4, -0.2) is 25.7 Å². The largest absolute Gasteiger partial charge is 0.478 e. The highest BCUT2D eigenvalue weighted by Crippen LogP contribution is 2.24. The first-order valence-corrected chi connectivity index (χ1v) is 8.99. The molecule has 0 aliphatic heterocycles. The molecule has 0 saturated heterocycles. The molecule has 2 rings (SSSR count). The predicted molar refractivity (Wildman–Crippen MR) is 82.5 cm³/mol. The van der Waals surface area contributed by atoms with E-state index in [0.29, 0.717) is 10.6 Å². The molecule has 4 nitrogen and oxygen atoms in total. The number of aromatic carboxylic acids is 1. The molecule has 110 valence electrons. The van der Waals surface area contributed by atoms with Crippen molar-refractivity contribution in [3.8, 4) is 0 Å². The van der Waals surface area contributed by atoms with Crippen LogP contribution in [0.2, 0.25) is 0 Å². The second kappa shape index (κ2) is 6.32. The standard InChI is InChI=1S/C15H14O4S2/c1-21(18,19)14-8-6-13(7-9-14)20-10-11-2-4-12(5-3-11)15(16)17/h2-9H,10H2,1H3,(H,16,17). The van der Waals surface area contributed by atoms with E-state index in [2.05, 4.69) is 0 Å². The third-order valence-corrected chi connectivity index (χ3v) is 5.07. The van der Waals surface area contributed by atoms with E-state index in [4.69, 9.17) is 5.11 Å². The van der Waals surface area contributed by atoms with Crippen molar-refractivity contribution in [2.24, 2.45) is 0 Å². The Morgan fingerprint density at radius 1 is 1.05 bits per heavy atom. The van der Waals surface area contributed by atoms with Crippen LogP contribution in [0.3, 0.4) is 0 Å². The van der Waals surface area contributed by atoms with E-state index in [1.54, 1.807) is 60.3 Å². The highest BCUT2D eigenvalue weighted by Gasteiger charge is 2.06. The Bertz CT molecular complexity index is 732. The van der Waals surface area contributed by atoms with Crippen LogP contribution in [0.5, 0.6) is 0 Å². The Morgan fingerprint density at radius 3 is 2.10 bits per heavy atom. The Hall–Kier alpha value is -1.79. The van der Waals surface area contributed by atoms with Crippen molar-refractivity contribution in [3.05, 3.63) is 59.7 Å². The summed E-state index contributed by atoms with van der Waals surface area (Å²) in [5.74, 6) is -0.247. The number of sulfone groups is 1. The van der Waals surface area contributed by atoms with Gasteiger partial charge < -0.3 is 5.11 Å². The summed E-state index contributed by atoms with van der Waals surface area (Å²) in [6.45, 7) is 0. The fraction of sp³-hybridized carbons (Fsp3) is 0.133. The molecule has 0 atom stereocenters. The summed E-state index contributed by atoms with van der Waals surface area (Å²) in [5.41, 5.74) is 1.28. The molecule has 2 aromatic rings. The topological polar surface area (TPSA) is 71.4 Å². The van der Waals surface area contributed by atoms with E-state index < -0.39 is 15.8 Å². The quantitative estimate of drug-likeness (QED) is 0.857. The second-order valence-electron chi connectivity index (χ2n) is 4.53. The summed E-state index contributed by atoms with van der Waals surface area (Å²) < 4.78 is 22.7. The molecule has 0 radical (unpaired) electrons. The Kier molecular flexibility index (Phi) is 4.69. The molecule has 6 heteroatoms. The molecule has 0 saturated carbocycles. The lowest BCUT2D eigenvalue weighted by Crippen LogP contribution is -1.96. The highest BCUT2D eigenvalue weighted by molar-refractivity contribution is 7.98. The third-order valence-electron chi connectivity index (χ3n) is 2.86. The minimum absolute atomic E-state index is 0.265. The molecule has 21 heavy (non-hydrogen) atoms. The summed E-state index contributed by atoms with van der Waals surface area (Å²) >= 11 is 1.56. The van der Waals surface area contributed by atoms with Gasteiger partial charge in [0, 0.05) is 16.9 Å².